The number of benzene rings is 2. The van der Waals surface area contributed by atoms with E-state index in [4.69, 9.17) is 32.2 Å². The highest BCUT2D eigenvalue weighted by molar-refractivity contribution is 6.18. The third-order valence-electron chi connectivity index (χ3n) is 3.90. The molecular formula is C21H21Cl2N3O3. The SMILES string of the molecule is C#Cc1ccc(OCCOC)c(Nc2ncnc3cc(OCCCl)ccc23)c1.Cl. The maximum Gasteiger partial charge on any atom is 0.142 e. The molecule has 3 rings (SSSR count). The fourth-order valence-electron chi connectivity index (χ4n) is 2.59. The zero-order valence-corrected chi connectivity index (χ0v) is 17.4. The lowest BCUT2D eigenvalue weighted by molar-refractivity contribution is 0.146. The number of halogens is 2. The Labute approximate surface area is 181 Å². The van der Waals surface area contributed by atoms with E-state index in [1.165, 1.54) is 6.33 Å². The van der Waals surface area contributed by atoms with Gasteiger partial charge in [-0.25, -0.2) is 9.97 Å². The molecule has 8 heteroatoms. The topological polar surface area (TPSA) is 65.5 Å². The summed E-state index contributed by atoms with van der Waals surface area (Å²) in [5, 5.41) is 4.15. The summed E-state index contributed by atoms with van der Waals surface area (Å²) in [4.78, 5) is 8.70. The number of nitrogens with one attached hydrogen (secondary N) is 1. The van der Waals surface area contributed by atoms with Crippen LogP contribution in [0.15, 0.2) is 42.7 Å². The van der Waals surface area contributed by atoms with E-state index < -0.39 is 0 Å². The molecule has 0 spiro atoms. The summed E-state index contributed by atoms with van der Waals surface area (Å²) in [7, 11) is 1.63. The van der Waals surface area contributed by atoms with Gasteiger partial charge >= 0.3 is 0 Å². The largest absolute Gasteiger partial charge is 0.492 e. The molecule has 1 N–H and O–H groups in total. The van der Waals surface area contributed by atoms with Crippen LogP contribution in [0.3, 0.4) is 0 Å². The average molecular weight is 434 g/mol. The van der Waals surface area contributed by atoms with Crippen LogP contribution >= 0.6 is 24.0 Å². The number of fused-ring (bicyclic) bond motifs is 1. The van der Waals surface area contributed by atoms with Gasteiger partial charge in [-0.15, -0.1) is 30.4 Å². The third-order valence-corrected chi connectivity index (χ3v) is 4.05. The van der Waals surface area contributed by atoms with E-state index in [2.05, 4.69) is 21.2 Å². The summed E-state index contributed by atoms with van der Waals surface area (Å²) in [5.41, 5.74) is 2.20. The lowest BCUT2D eigenvalue weighted by Gasteiger charge is -2.14. The van der Waals surface area contributed by atoms with E-state index in [1.54, 1.807) is 7.11 Å². The highest BCUT2D eigenvalue weighted by atomic mass is 35.5. The minimum absolute atomic E-state index is 0. The van der Waals surface area contributed by atoms with Crippen LogP contribution in [0.25, 0.3) is 10.9 Å². The summed E-state index contributed by atoms with van der Waals surface area (Å²) in [5.74, 6) is 5.05. The number of ether oxygens (including phenoxy) is 3. The van der Waals surface area contributed by atoms with Crippen LogP contribution in [0.2, 0.25) is 0 Å². The molecule has 29 heavy (non-hydrogen) atoms. The van der Waals surface area contributed by atoms with Crippen molar-refractivity contribution in [3.8, 4) is 23.8 Å². The first kappa shape index (κ1) is 22.6. The van der Waals surface area contributed by atoms with E-state index in [-0.39, 0.29) is 12.4 Å². The fraction of sp³-hybridized carbons (Fsp3) is 0.238. The van der Waals surface area contributed by atoms with Crippen LogP contribution < -0.4 is 14.8 Å². The Kier molecular flexibility index (Phi) is 8.81. The minimum atomic E-state index is 0. The number of nitrogens with zero attached hydrogens (tertiary/aromatic N) is 2. The number of aromatic nitrogens is 2. The Bertz CT molecular complexity index is 993. The molecule has 0 atom stereocenters. The number of alkyl halides is 1. The number of methoxy groups -OCH3 is 1. The quantitative estimate of drug-likeness (QED) is 0.306. The summed E-state index contributed by atoms with van der Waals surface area (Å²) >= 11 is 5.68. The normalized spacial score (nSPS) is 10.1. The van der Waals surface area contributed by atoms with Gasteiger partial charge in [-0.3, -0.25) is 0 Å². The first-order valence-corrected chi connectivity index (χ1v) is 9.21. The van der Waals surface area contributed by atoms with Gasteiger partial charge in [0, 0.05) is 24.1 Å². The first-order valence-electron chi connectivity index (χ1n) is 8.68. The zero-order chi connectivity index (χ0) is 19.8. The van der Waals surface area contributed by atoms with Gasteiger partial charge < -0.3 is 19.5 Å². The Hall–Kier alpha value is -2.72. The third kappa shape index (κ3) is 5.88. The second-order valence-corrected chi connectivity index (χ2v) is 6.14. The van der Waals surface area contributed by atoms with Crippen molar-refractivity contribution in [2.24, 2.45) is 0 Å². The van der Waals surface area contributed by atoms with E-state index in [9.17, 15) is 0 Å². The summed E-state index contributed by atoms with van der Waals surface area (Å²) in [6.45, 7) is 1.34. The van der Waals surface area contributed by atoms with Crippen molar-refractivity contribution in [3.63, 3.8) is 0 Å². The van der Waals surface area contributed by atoms with E-state index in [0.29, 0.717) is 48.7 Å². The number of anilines is 2. The molecule has 152 valence electrons. The molecule has 0 amide bonds. The van der Waals surface area contributed by atoms with E-state index >= 15 is 0 Å². The second kappa shape index (κ2) is 11.3. The average Bonchev–Trinajstić information content (AvgIpc) is 2.73. The maximum absolute atomic E-state index is 5.79. The molecule has 3 aromatic rings. The molecule has 1 aromatic heterocycles. The zero-order valence-electron chi connectivity index (χ0n) is 15.9. The molecular weight excluding hydrogens is 413 g/mol. The van der Waals surface area contributed by atoms with Crippen LogP contribution in [0.1, 0.15) is 5.56 Å². The predicted molar refractivity (Wildman–Crippen MR) is 118 cm³/mol. The molecule has 0 aliphatic heterocycles. The number of hydrogen-bond donors (Lipinski definition) is 1. The van der Waals surface area contributed by atoms with Crippen molar-refractivity contribution in [2.75, 3.05) is 38.1 Å². The van der Waals surface area contributed by atoms with Crippen LogP contribution in [0, 0.1) is 12.3 Å². The number of hydrogen-bond acceptors (Lipinski definition) is 6. The molecule has 0 aliphatic carbocycles. The molecule has 0 bridgehead atoms. The molecule has 0 saturated heterocycles. The lowest BCUT2D eigenvalue weighted by Crippen LogP contribution is -2.06. The van der Waals surface area contributed by atoms with E-state index in [1.807, 2.05) is 36.4 Å². The Morgan fingerprint density at radius 3 is 2.69 bits per heavy atom. The van der Waals surface area contributed by atoms with Crippen molar-refractivity contribution in [1.29, 1.82) is 0 Å². The number of terminal acetylenes is 1. The predicted octanol–water partition coefficient (Wildman–Crippen LogP) is 4.42. The maximum atomic E-state index is 5.79. The molecule has 0 unspecified atom stereocenters. The van der Waals surface area contributed by atoms with Crippen LogP contribution in [-0.2, 0) is 4.74 Å². The Balaban J connectivity index is 0.00000300. The monoisotopic (exact) mass is 433 g/mol. The summed E-state index contributed by atoms with van der Waals surface area (Å²) in [6, 6.07) is 11.1. The molecule has 1 heterocycles. The molecule has 2 aromatic carbocycles. The lowest BCUT2D eigenvalue weighted by atomic mass is 10.1. The van der Waals surface area contributed by atoms with E-state index in [0.717, 1.165) is 16.5 Å². The van der Waals surface area contributed by atoms with Gasteiger partial charge in [0.1, 0.15) is 36.9 Å². The number of rotatable bonds is 9. The van der Waals surface area contributed by atoms with Gasteiger partial charge in [-0.2, -0.15) is 0 Å². The van der Waals surface area contributed by atoms with Gasteiger partial charge in [0.2, 0.25) is 0 Å². The Morgan fingerprint density at radius 1 is 1.07 bits per heavy atom. The van der Waals surface area contributed by atoms with Crippen molar-refractivity contribution < 1.29 is 14.2 Å². The molecule has 0 fully saturated rings. The smallest absolute Gasteiger partial charge is 0.142 e. The molecule has 0 aliphatic rings. The summed E-state index contributed by atoms with van der Waals surface area (Å²) in [6.07, 6.45) is 7.04. The first-order chi connectivity index (χ1) is 13.7. The van der Waals surface area contributed by atoms with Gasteiger partial charge in [0.15, 0.2) is 0 Å². The highest BCUT2D eigenvalue weighted by Gasteiger charge is 2.10. The standard InChI is InChI=1S/C21H20ClN3O3.ClH/c1-3-15-4-7-20(28-11-10-26-2)19(12-15)25-21-17-6-5-16(27-9-8-22)13-18(17)23-14-24-21;/h1,4-7,12-14H,8-11H2,2H3,(H,23,24,25);1H. The highest BCUT2D eigenvalue weighted by Crippen LogP contribution is 2.31. The van der Waals surface area contributed by atoms with Crippen molar-refractivity contribution >= 4 is 46.4 Å². The molecule has 0 saturated carbocycles. The van der Waals surface area contributed by atoms with Gasteiger partial charge in [-0.1, -0.05) is 5.92 Å². The molecule has 6 nitrogen and oxygen atoms in total. The molecule has 0 radical (unpaired) electrons. The van der Waals surface area contributed by atoms with Crippen LogP contribution in [0.4, 0.5) is 11.5 Å². The fourth-order valence-corrected chi connectivity index (χ4v) is 2.67. The van der Waals surface area contributed by atoms with Crippen LogP contribution in [-0.4, -0.2) is 42.8 Å². The van der Waals surface area contributed by atoms with Crippen molar-refractivity contribution in [3.05, 3.63) is 48.3 Å². The minimum Gasteiger partial charge on any atom is -0.492 e. The van der Waals surface area contributed by atoms with Crippen molar-refractivity contribution in [2.45, 2.75) is 0 Å². The Morgan fingerprint density at radius 2 is 1.93 bits per heavy atom. The second-order valence-electron chi connectivity index (χ2n) is 5.76. The van der Waals surface area contributed by atoms with Crippen molar-refractivity contribution in [1.82, 2.24) is 9.97 Å². The summed E-state index contributed by atoms with van der Waals surface area (Å²) < 4.78 is 16.4. The van der Waals surface area contributed by atoms with Gasteiger partial charge in [0.25, 0.3) is 0 Å². The van der Waals surface area contributed by atoms with Crippen LogP contribution in [0.5, 0.6) is 11.5 Å². The van der Waals surface area contributed by atoms with Gasteiger partial charge in [0.05, 0.1) is 23.7 Å². The van der Waals surface area contributed by atoms with Gasteiger partial charge in [-0.05, 0) is 30.3 Å².